The van der Waals surface area contributed by atoms with Crippen LogP contribution in [-0.2, 0) is 4.74 Å². The summed E-state index contributed by atoms with van der Waals surface area (Å²) in [5.41, 5.74) is 1.15. The molecule has 0 fully saturated rings. The Bertz CT molecular complexity index is 226. The molecule has 1 aromatic heterocycles. The molecule has 3 heteroatoms. The van der Waals surface area contributed by atoms with Gasteiger partial charge in [0.25, 0.3) is 0 Å². The summed E-state index contributed by atoms with van der Waals surface area (Å²) < 4.78 is 4.98. The van der Waals surface area contributed by atoms with Crippen LogP contribution in [0.1, 0.15) is 19.3 Å². The van der Waals surface area contributed by atoms with Crippen LogP contribution in [0.3, 0.4) is 0 Å². The number of hydrogen-bond donors (Lipinski definition) is 1. The molecule has 0 saturated heterocycles. The normalized spacial score (nSPS) is 10.1. The third-order valence-electron chi connectivity index (χ3n) is 2.03. The summed E-state index contributed by atoms with van der Waals surface area (Å²) in [5.74, 6) is 0. The van der Waals surface area contributed by atoms with E-state index in [4.69, 9.17) is 4.74 Å². The van der Waals surface area contributed by atoms with Crippen molar-refractivity contribution >= 4 is 5.69 Å². The zero-order valence-corrected chi connectivity index (χ0v) is 8.70. The summed E-state index contributed by atoms with van der Waals surface area (Å²) in [7, 11) is 1.75. The van der Waals surface area contributed by atoms with Crippen molar-refractivity contribution in [2.24, 2.45) is 0 Å². The van der Waals surface area contributed by atoms with Crippen LogP contribution in [0.15, 0.2) is 24.5 Å². The van der Waals surface area contributed by atoms with E-state index in [9.17, 15) is 0 Å². The first-order chi connectivity index (χ1) is 6.93. The number of unbranched alkanes of at least 4 members (excludes halogenated alkanes) is 2. The summed E-state index contributed by atoms with van der Waals surface area (Å²) in [6.45, 7) is 1.89. The Kier molecular flexibility index (Phi) is 5.75. The van der Waals surface area contributed by atoms with Crippen molar-refractivity contribution < 1.29 is 4.74 Å². The van der Waals surface area contributed by atoms with E-state index in [1.54, 1.807) is 19.5 Å². The monoisotopic (exact) mass is 194 g/mol. The molecule has 1 heterocycles. The minimum absolute atomic E-state index is 0.870. The fraction of sp³-hybridized carbons (Fsp3) is 0.545. The molecule has 1 N–H and O–H groups in total. The van der Waals surface area contributed by atoms with Crippen molar-refractivity contribution in [1.29, 1.82) is 0 Å². The van der Waals surface area contributed by atoms with Gasteiger partial charge in [-0.05, 0) is 31.4 Å². The van der Waals surface area contributed by atoms with Crippen LogP contribution in [0.25, 0.3) is 0 Å². The fourth-order valence-corrected chi connectivity index (χ4v) is 1.25. The highest BCUT2D eigenvalue weighted by Gasteiger charge is 1.90. The van der Waals surface area contributed by atoms with Gasteiger partial charge in [-0.15, -0.1) is 0 Å². The number of nitrogens with one attached hydrogen (secondary N) is 1. The third kappa shape index (κ3) is 4.82. The maximum atomic E-state index is 4.98. The molecule has 0 bridgehead atoms. The number of ether oxygens (including phenoxy) is 1. The highest BCUT2D eigenvalue weighted by Crippen LogP contribution is 2.04. The Morgan fingerprint density at radius 3 is 2.71 bits per heavy atom. The zero-order chi connectivity index (χ0) is 10.1. The van der Waals surface area contributed by atoms with Gasteiger partial charge in [-0.25, -0.2) is 0 Å². The van der Waals surface area contributed by atoms with Gasteiger partial charge < -0.3 is 10.1 Å². The third-order valence-corrected chi connectivity index (χ3v) is 2.03. The molecular weight excluding hydrogens is 176 g/mol. The Morgan fingerprint density at radius 1 is 1.21 bits per heavy atom. The summed E-state index contributed by atoms with van der Waals surface area (Å²) in [4.78, 5) is 3.96. The summed E-state index contributed by atoms with van der Waals surface area (Å²) in [5, 5.41) is 3.34. The first kappa shape index (κ1) is 11.0. The predicted octanol–water partition coefficient (Wildman–Crippen LogP) is 2.31. The van der Waals surface area contributed by atoms with Crippen molar-refractivity contribution in [3.05, 3.63) is 24.5 Å². The second-order valence-electron chi connectivity index (χ2n) is 3.22. The second-order valence-corrected chi connectivity index (χ2v) is 3.22. The lowest BCUT2D eigenvalue weighted by molar-refractivity contribution is 0.192. The van der Waals surface area contributed by atoms with Crippen molar-refractivity contribution in [2.45, 2.75) is 19.3 Å². The van der Waals surface area contributed by atoms with Crippen LogP contribution in [0.5, 0.6) is 0 Å². The van der Waals surface area contributed by atoms with E-state index in [-0.39, 0.29) is 0 Å². The van der Waals surface area contributed by atoms with Gasteiger partial charge in [0.15, 0.2) is 0 Å². The van der Waals surface area contributed by atoms with Gasteiger partial charge in [0, 0.05) is 38.3 Å². The first-order valence-electron chi connectivity index (χ1n) is 5.06. The number of methoxy groups -OCH3 is 1. The summed E-state index contributed by atoms with van der Waals surface area (Å²) in [6.07, 6.45) is 7.15. The molecular formula is C11H18N2O. The Balaban J connectivity index is 1.99. The van der Waals surface area contributed by atoms with Crippen LogP contribution in [0.2, 0.25) is 0 Å². The van der Waals surface area contributed by atoms with E-state index >= 15 is 0 Å². The van der Waals surface area contributed by atoms with Gasteiger partial charge in [0.1, 0.15) is 0 Å². The summed E-state index contributed by atoms with van der Waals surface area (Å²) >= 11 is 0. The quantitative estimate of drug-likeness (QED) is 0.676. The standard InChI is InChI=1S/C11H18N2O/c1-14-10-4-2-3-7-13-11-5-8-12-9-6-11/h5-6,8-9H,2-4,7,10H2,1H3,(H,12,13). The maximum Gasteiger partial charge on any atom is 0.0462 e. The molecule has 14 heavy (non-hydrogen) atoms. The van der Waals surface area contributed by atoms with Gasteiger partial charge in [-0.2, -0.15) is 0 Å². The largest absolute Gasteiger partial charge is 0.385 e. The molecule has 0 aliphatic carbocycles. The lowest BCUT2D eigenvalue weighted by Gasteiger charge is -2.05. The van der Waals surface area contributed by atoms with Crippen molar-refractivity contribution in [2.75, 3.05) is 25.6 Å². The number of pyridine rings is 1. The average Bonchev–Trinajstić information content (AvgIpc) is 2.25. The lowest BCUT2D eigenvalue weighted by atomic mass is 10.2. The lowest BCUT2D eigenvalue weighted by Crippen LogP contribution is -2.01. The van der Waals surface area contributed by atoms with E-state index in [0.29, 0.717) is 0 Å². The van der Waals surface area contributed by atoms with E-state index in [0.717, 1.165) is 25.3 Å². The van der Waals surface area contributed by atoms with Gasteiger partial charge in [0.2, 0.25) is 0 Å². The fourth-order valence-electron chi connectivity index (χ4n) is 1.25. The van der Waals surface area contributed by atoms with E-state index in [1.807, 2.05) is 12.1 Å². The van der Waals surface area contributed by atoms with Gasteiger partial charge in [-0.1, -0.05) is 0 Å². The van der Waals surface area contributed by atoms with Crippen molar-refractivity contribution in [3.63, 3.8) is 0 Å². The molecule has 0 aromatic carbocycles. The predicted molar refractivity (Wildman–Crippen MR) is 58.5 cm³/mol. The molecule has 78 valence electrons. The highest BCUT2D eigenvalue weighted by molar-refractivity contribution is 5.40. The zero-order valence-electron chi connectivity index (χ0n) is 8.70. The van der Waals surface area contributed by atoms with E-state index < -0.39 is 0 Å². The SMILES string of the molecule is COCCCCCNc1ccncc1. The van der Waals surface area contributed by atoms with Crippen LogP contribution in [0.4, 0.5) is 5.69 Å². The average molecular weight is 194 g/mol. The topological polar surface area (TPSA) is 34.1 Å². The maximum absolute atomic E-state index is 4.98. The minimum Gasteiger partial charge on any atom is -0.385 e. The summed E-state index contributed by atoms with van der Waals surface area (Å²) in [6, 6.07) is 3.96. The molecule has 0 aliphatic rings. The highest BCUT2D eigenvalue weighted by atomic mass is 16.5. The van der Waals surface area contributed by atoms with E-state index in [1.165, 1.54) is 12.8 Å². The van der Waals surface area contributed by atoms with E-state index in [2.05, 4.69) is 10.3 Å². The Morgan fingerprint density at radius 2 is 2.00 bits per heavy atom. The van der Waals surface area contributed by atoms with Crippen LogP contribution in [-0.4, -0.2) is 25.2 Å². The number of anilines is 1. The minimum atomic E-state index is 0.870. The van der Waals surface area contributed by atoms with Gasteiger partial charge in [-0.3, -0.25) is 4.98 Å². The smallest absolute Gasteiger partial charge is 0.0462 e. The van der Waals surface area contributed by atoms with Gasteiger partial charge >= 0.3 is 0 Å². The molecule has 3 nitrogen and oxygen atoms in total. The van der Waals surface area contributed by atoms with Crippen LogP contribution in [0, 0.1) is 0 Å². The number of hydrogen-bond acceptors (Lipinski definition) is 3. The van der Waals surface area contributed by atoms with Crippen molar-refractivity contribution in [3.8, 4) is 0 Å². The van der Waals surface area contributed by atoms with Crippen LogP contribution >= 0.6 is 0 Å². The number of aromatic nitrogens is 1. The molecule has 0 atom stereocenters. The molecule has 0 unspecified atom stereocenters. The Labute approximate surface area is 85.5 Å². The first-order valence-corrected chi connectivity index (χ1v) is 5.06. The molecule has 0 saturated carbocycles. The molecule has 1 rings (SSSR count). The second kappa shape index (κ2) is 7.33. The van der Waals surface area contributed by atoms with Crippen LogP contribution < -0.4 is 5.32 Å². The molecule has 1 aromatic rings. The number of rotatable bonds is 7. The Hall–Kier alpha value is -1.09. The van der Waals surface area contributed by atoms with Gasteiger partial charge in [0.05, 0.1) is 0 Å². The molecule has 0 radical (unpaired) electrons. The number of nitrogens with zero attached hydrogens (tertiary/aromatic N) is 1. The molecule has 0 spiro atoms. The molecule has 0 aliphatic heterocycles. The molecule has 0 amide bonds. The van der Waals surface area contributed by atoms with Crippen molar-refractivity contribution in [1.82, 2.24) is 4.98 Å².